The Hall–Kier alpha value is -0.730. The number of hydrogen-bond donors (Lipinski definition) is 1. The summed E-state index contributed by atoms with van der Waals surface area (Å²) in [7, 11) is 0. The average Bonchev–Trinajstić information content (AvgIpc) is 2.45. The highest BCUT2D eigenvalue weighted by atomic mass is 35.5. The first-order valence-electron chi connectivity index (χ1n) is 4.44. The van der Waals surface area contributed by atoms with Crippen molar-refractivity contribution in [2.75, 3.05) is 0 Å². The number of halogens is 1. The molecule has 3 heteroatoms. The number of para-hydroxylation sites is 1. The van der Waals surface area contributed by atoms with Crippen molar-refractivity contribution in [3.8, 4) is 5.75 Å². The van der Waals surface area contributed by atoms with Crippen LogP contribution in [0.5, 0.6) is 5.75 Å². The van der Waals surface area contributed by atoms with E-state index in [1.54, 1.807) is 0 Å². The van der Waals surface area contributed by atoms with Gasteiger partial charge in [0.2, 0.25) is 0 Å². The van der Waals surface area contributed by atoms with Crippen LogP contribution in [0.1, 0.15) is 24.9 Å². The van der Waals surface area contributed by atoms with E-state index in [1.807, 2.05) is 18.2 Å². The van der Waals surface area contributed by atoms with E-state index in [0.717, 1.165) is 17.7 Å². The minimum Gasteiger partial charge on any atom is -0.487 e. The van der Waals surface area contributed by atoms with Gasteiger partial charge in [0, 0.05) is 5.56 Å². The molecule has 0 amide bonds. The molecule has 70 valence electrons. The first kappa shape index (κ1) is 8.85. The number of nitrogens with two attached hydrogens (primary N) is 1. The quantitative estimate of drug-likeness (QED) is 0.751. The Balaban J connectivity index is 2.43. The van der Waals surface area contributed by atoms with Gasteiger partial charge in [0.15, 0.2) is 0 Å². The predicted octanol–water partition coefficient (Wildman–Crippen LogP) is 2.51. The topological polar surface area (TPSA) is 35.2 Å². The molecule has 1 aliphatic rings. The Morgan fingerprint density at radius 2 is 2.31 bits per heavy atom. The monoisotopic (exact) mass is 197 g/mol. The number of rotatable bonds is 1. The van der Waals surface area contributed by atoms with Crippen molar-refractivity contribution in [2.24, 2.45) is 5.73 Å². The van der Waals surface area contributed by atoms with Crippen LogP contribution in [0.4, 0.5) is 0 Å². The molecule has 2 rings (SSSR count). The fraction of sp³-hybridized carbons (Fsp3) is 0.400. The van der Waals surface area contributed by atoms with Gasteiger partial charge in [0.25, 0.3) is 0 Å². The van der Waals surface area contributed by atoms with Crippen LogP contribution >= 0.6 is 11.6 Å². The number of hydrogen-bond acceptors (Lipinski definition) is 2. The molecule has 1 aliphatic heterocycles. The van der Waals surface area contributed by atoms with Gasteiger partial charge in [-0.3, -0.25) is 0 Å². The van der Waals surface area contributed by atoms with Crippen LogP contribution in [-0.4, -0.2) is 6.10 Å². The Morgan fingerprint density at radius 1 is 1.54 bits per heavy atom. The van der Waals surface area contributed by atoms with Crippen molar-refractivity contribution < 1.29 is 4.74 Å². The first-order valence-corrected chi connectivity index (χ1v) is 4.82. The van der Waals surface area contributed by atoms with E-state index in [1.165, 1.54) is 0 Å². The highest BCUT2D eigenvalue weighted by Gasteiger charge is 2.31. The summed E-state index contributed by atoms with van der Waals surface area (Å²) >= 11 is 5.98. The summed E-state index contributed by atoms with van der Waals surface area (Å²) in [4.78, 5) is 0. The normalized spacial score (nSPS) is 25.5. The van der Waals surface area contributed by atoms with Crippen LogP contribution in [0.15, 0.2) is 18.2 Å². The number of benzene rings is 1. The Bertz CT molecular complexity index is 327. The molecule has 0 aromatic heterocycles. The third-order valence-corrected chi connectivity index (χ3v) is 2.73. The summed E-state index contributed by atoms with van der Waals surface area (Å²) in [6.07, 6.45) is 0.988. The van der Waals surface area contributed by atoms with Crippen LogP contribution in [0.2, 0.25) is 5.02 Å². The summed E-state index contributed by atoms with van der Waals surface area (Å²) in [6, 6.07) is 5.67. The molecule has 2 unspecified atom stereocenters. The predicted molar refractivity (Wildman–Crippen MR) is 53.1 cm³/mol. The largest absolute Gasteiger partial charge is 0.487 e. The summed E-state index contributed by atoms with van der Waals surface area (Å²) in [6.45, 7) is 2.06. The Morgan fingerprint density at radius 3 is 2.92 bits per heavy atom. The Labute approximate surface area is 82.6 Å². The van der Waals surface area contributed by atoms with Crippen LogP contribution in [0.3, 0.4) is 0 Å². The van der Waals surface area contributed by atoms with Gasteiger partial charge in [-0.05, 0) is 12.5 Å². The molecule has 2 atom stereocenters. The zero-order valence-electron chi connectivity index (χ0n) is 7.46. The van der Waals surface area contributed by atoms with Crippen molar-refractivity contribution in [3.63, 3.8) is 0 Å². The minimum absolute atomic E-state index is 0.0290. The van der Waals surface area contributed by atoms with E-state index >= 15 is 0 Å². The minimum atomic E-state index is -0.0290. The van der Waals surface area contributed by atoms with Gasteiger partial charge in [-0.2, -0.15) is 0 Å². The molecule has 0 fully saturated rings. The van der Waals surface area contributed by atoms with Crippen molar-refractivity contribution in [2.45, 2.75) is 25.5 Å². The maximum absolute atomic E-state index is 5.99. The van der Waals surface area contributed by atoms with Gasteiger partial charge in [-0.25, -0.2) is 0 Å². The van der Waals surface area contributed by atoms with Crippen molar-refractivity contribution in [1.29, 1.82) is 0 Å². The lowest BCUT2D eigenvalue weighted by Crippen LogP contribution is -2.24. The zero-order chi connectivity index (χ0) is 9.42. The molecule has 1 aromatic carbocycles. The smallest absolute Gasteiger partial charge is 0.143 e. The van der Waals surface area contributed by atoms with Crippen LogP contribution in [-0.2, 0) is 0 Å². The molecule has 13 heavy (non-hydrogen) atoms. The van der Waals surface area contributed by atoms with E-state index in [4.69, 9.17) is 22.1 Å². The lowest BCUT2D eigenvalue weighted by molar-refractivity contribution is 0.202. The van der Waals surface area contributed by atoms with Crippen molar-refractivity contribution in [3.05, 3.63) is 28.8 Å². The standard InChI is InChI=1S/C10H12ClNO/c1-2-8-9(12)6-4-3-5-7(11)10(6)13-8/h3-5,8-9H,2,12H2,1H3. The Kier molecular flexibility index (Phi) is 2.18. The van der Waals surface area contributed by atoms with Gasteiger partial charge >= 0.3 is 0 Å². The second kappa shape index (κ2) is 3.20. The van der Waals surface area contributed by atoms with E-state index < -0.39 is 0 Å². The third-order valence-electron chi connectivity index (χ3n) is 2.43. The molecule has 1 aromatic rings. The lowest BCUT2D eigenvalue weighted by Gasteiger charge is -2.11. The van der Waals surface area contributed by atoms with Gasteiger partial charge in [-0.15, -0.1) is 0 Å². The summed E-state index contributed by atoms with van der Waals surface area (Å²) in [5, 5.41) is 0.656. The van der Waals surface area contributed by atoms with E-state index in [2.05, 4.69) is 6.92 Å². The van der Waals surface area contributed by atoms with Gasteiger partial charge in [0.1, 0.15) is 11.9 Å². The van der Waals surface area contributed by atoms with Crippen molar-refractivity contribution >= 4 is 11.6 Å². The molecule has 0 aliphatic carbocycles. The molecular weight excluding hydrogens is 186 g/mol. The van der Waals surface area contributed by atoms with Crippen molar-refractivity contribution in [1.82, 2.24) is 0 Å². The molecular formula is C10H12ClNO. The summed E-state index contributed by atoms with van der Waals surface area (Å²) in [5.74, 6) is 0.767. The molecule has 0 bridgehead atoms. The fourth-order valence-corrected chi connectivity index (χ4v) is 1.90. The van der Waals surface area contributed by atoms with Gasteiger partial charge in [-0.1, -0.05) is 30.7 Å². The second-order valence-corrected chi connectivity index (χ2v) is 3.66. The van der Waals surface area contributed by atoms with Crippen LogP contribution < -0.4 is 10.5 Å². The molecule has 0 radical (unpaired) electrons. The summed E-state index contributed by atoms with van der Waals surface area (Å²) < 4.78 is 5.64. The number of ether oxygens (including phenoxy) is 1. The molecule has 0 spiro atoms. The molecule has 0 saturated carbocycles. The maximum atomic E-state index is 5.99. The van der Waals surface area contributed by atoms with Gasteiger partial charge < -0.3 is 10.5 Å². The van der Waals surface area contributed by atoms with Gasteiger partial charge in [0.05, 0.1) is 11.1 Å². The van der Waals surface area contributed by atoms with E-state index in [0.29, 0.717) is 5.02 Å². The number of fused-ring (bicyclic) bond motifs is 1. The van der Waals surface area contributed by atoms with E-state index in [9.17, 15) is 0 Å². The SMILES string of the molecule is CCC1Oc2c(Cl)cccc2C1N. The van der Waals surface area contributed by atoms with E-state index in [-0.39, 0.29) is 12.1 Å². The molecule has 2 nitrogen and oxygen atoms in total. The average molecular weight is 198 g/mol. The highest BCUT2D eigenvalue weighted by Crippen LogP contribution is 2.40. The second-order valence-electron chi connectivity index (χ2n) is 3.25. The summed E-state index contributed by atoms with van der Waals surface area (Å²) in [5.41, 5.74) is 7.01. The fourth-order valence-electron chi connectivity index (χ4n) is 1.67. The first-order chi connectivity index (χ1) is 6.24. The highest BCUT2D eigenvalue weighted by molar-refractivity contribution is 6.32. The molecule has 0 saturated heterocycles. The van der Waals surface area contributed by atoms with Crippen LogP contribution in [0.25, 0.3) is 0 Å². The molecule has 2 N–H and O–H groups in total. The zero-order valence-corrected chi connectivity index (χ0v) is 8.21. The third kappa shape index (κ3) is 1.30. The van der Waals surface area contributed by atoms with Crippen LogP contribution in [0, 0.1) is 0 Å². The maximum Gasteiger partial charge on any atom is 0.143 e. The molecule has 1 heterocycles. The lowest BCUT2D eigenvalue weighted by atomic mass is 10.0.